The van der Waals surface area contributed by atoms with Crippen molar-refractivity contribution in [1.29, 1.82) is 0 Å². The maximum atomic E-state index is 12.2. The molecule has 148 valence electrons. The number of aromatic nitrogens is 3. The van der Waals surface area contributed by atoms with Crippen LogP contribution < -0.4 is 0 Å². The second kappa shape index (κ2) is 8.71. The predicted molar refractivity (Wildman–Crippen MR) is 109 cm³/mol. The van der Waals surface area contributed by atoms with Crippen LogP contribution in [0.5, 0.6) is 0 Å². The molecule has 0 spiro atoms. The smallest absolute Gasteiger partial charge is 0.308 e. The number of aromatic amines is 1. The van der Waals surface area contributed by atoms with Gasteiger partial charge < -0.3 is 14.5 Å². The van der Waals surface area contributed by atoms with E-state index in [2.05, 4.69) is 15.0 Å². The predicted octanol–water partition coefficient (Wildman–Crippen LogP) is 4.73. The molecule has 0 fully saturated rings. The Labute approximate surface area is 169 Å². The number of pyridine rings is 2. The summed E-state index contributed by atoms with van der Waals surface area (Å²) in [5.41, 5.74) is 5.11. The first-order chi connectivity index (χ1) is 13.5. The molecular formula is C21H24ClN3O3. The number of esters is 1. The van der Waals surface area contributed by atoms with Gasteiger partial charge in [0.2, 0.25) is 0 Å². The van der Waals surface area contributed by atoms with Crippen molar-refractivity contribution in [2.75, 3.05) is 13.7 Å². The lowest BCUT2D eigenvalue weighted by Crippen LogP contribution is -2.17. The minimum absolute atomic E-state index is 0.186. The fraction of sp³-hybridized carbons (Fsp3) is 0.381. The second-order valence-electron chi connectivity index (χ2n) is 6.68. The summed E-state index contributed by atoms with van der Waals surface area (Å²) in [4.78, 5) is 24.7. The molecule has 2 atom stereocenters. The van der Waals surface area contributed by atoms with Gasteiger partial charge in [0.05, 0.1) is 41.1 Å². The van der Waals surface area contributed by atoms with Gasteiger partial charge in [0.25, 0.3) is 0 Å². The van der Waals surface area contributed by atoms with Crippen LogP contribution in [0.25, 0.3) is 22.3 Å². The third-order valence-electron chi connectivity index (χ3n) is 4.75. The maximum absolute atomic E-state index is 12.2. The molecule has 1 unspecified atom stereocenters. The maximum Gasteiger partial charge on any atom is 0.308 e. The van der Waals surface area contributed by atoms with Crippen LogP contribution in [0.3, 0.4) is 0 Å². The summed E-state index contributed by atoms with van der Waals surface area (Å²) in [5.74, 6) is -0.556. The van der Waals surface area contributed by atoms with Gasteiger partial charge in [-0.05, 0) is 44.5 Å². The monoisotopic (exact) mass is 401 g/mol. The van der Waals surface area contributed by atoms with Gasteiger partial charge in [-0.2, -0.15) is 0 Å². The zero-order valence-electron chi connectivity index (χ0n) is 16.5. The Morgan fingerprint density at radius 2 is 2.07 bits per heavy atom. The van der Waals surface area contributed by atoms with E-state index in [1.807, 2.05) is 32.0 Å². The Morgan fingerprint density at radius 1 is 1.29 bits per heavy atom. The van der Waals surface area contributed by atoms with Crippen LogP contribution >= 0.6 is 11.6 Å². The number of methoxy groups -OCH3 is 1. The molecule has 0 bridgehead atoms. The molecule has 7 heteroatoms. The van der Waals surface area contributed by atoms with Gasteiger partial charge in [-0.3, -0.25) is 9.78 Å². The van der Waals surface area contributed by atoms with Crippen molar-refractivity contribution in [2.45, 2.75) is 33.3 Å². The Balaban J connectivity index is 2.17. The van der Waals surface area contributed by atoms with Gasteiger partial charge in [0, 0.05) is 24.4 Å². The zero-order chi connectivity index (χ0) is 20.3. The number of H-pyrrole nitrogens is 1. The lowest BCUT2D eigenvalue weighted by molar-refractivity contribution is -0.147. The average Bonchev–Trinajstić information content (AvgIpc) is 3.05. The lowest BCUT2D eigenvalue weighted by Gasteiger charge is -2.15. The van der Waals surface area contributed by atoms with Gasteiger partial charge in [-0.15, -0.1) is 0 Å². The third kappa shape index (κ3) is 4.03. The number of fused-ring (bicyclic) bond motifs is 1. The van der Waals surface area contributed by atoms with E-state index >= 15 is 0 Å². The fourth-order valence-corrected chi connectivity index (χ4v) is 3.41. The average molecular weight is 402 g/mol. The number of nitrogens with zero attached hydrogens (tertiary/aromatic N) is 2. The molecule has 0 aliphatic rings. The number of halogens is 1. The Kier molecular flexibility index (Phi) is 6.31. The quantitative estimate of drug-likeness (QED) is 0.457. The molecule has 0 saturated heterocycles. The summed E-state index contributed by atoms with van der Waals surface area (Å²) in [5, 5.41) is 0.403. The van der Waals surface area contributed by atoms with Crippen LogP contribution in [-0.4, -0.2) is 34.6 Å². The SMILES string of the molecule is CCOC(=O)C(C)Cc1c(-c2cccnc2[C@H](C)OC)[nH]c2ccc(Cl)nc12. The molecule has 0 aliphatic heterocycles. The lowest BCUT2D eigenvalue weighted by atomic mass is 9.96. The first-order valence-corrected chi connectivity index (χ1v) is 9.65. The minimum atomic E-state index is -0.321. The van der Waals surface area contributed by atoms with E-state index in [0.29, 0.717) is 18.2 Å². The molecule has 0 aliphatic carbocycles. The largest absolute Gasteiger partial charge is 0.466 e. The molecule has 28 heavy (non-hydrogen) atoms. The van der Waals surface area contributed by atoms with Crippen molar-refractivity contribution in [3.8, 4) is 11.3 Å². The van der Waals surface area contributed by atoms with Crippen molar-refractivity contribution in [2.24, 2.45) is 5.92 Å². The Morgan fingerprint density at radius 3 is 2.79 bits per heavy atom. The van der Waals surface area contributed by atoms with E-state index in [1.165, 1.54) is 0 Å². The molecule has 3 aromatic heterocycles. The molecule has 3 rings (SSSR count). The first-order valence-electron chi connectivity index (χ1n) is 9.28. The summed E-state index contributed by atoms with van der Waals surface area (Å²) < 4.78 is 10.7. The van der Waals surface area contributed by atoms with Crippen LogP contribution in [0.4, 0.5) is 0 Å². The number of carbonyl (C=O) groups excluding carboxylic acids is 1. The molecule has 1 N–H and O–H groups in total. The molecule has 3 heterocycles. The van der Waals surface area contributed by atoms with Crippen LogP contribution in [0.1, 0.15) is 38.1 Å². The van der Waals surface area contributed by atoms with Crippen molar-refractivity contribution >= 4 is 28.6 Å². The molecule has 6 nitrogen and oxygen atoms in total. The van der Waals surface area contributed by atoms with Crippen molar-refractivity contribution < 1.29 is 14.3 Å². The number of ether oxygens (including phenoxy) is 2. The van der Waals surface area contributed by atoms with E-state index < -0.39 is 0 Å². The van der Waals surface area contributed by atoms with Crippen LogP contribution in [-0.2, 0) is 20.7 Å². The van der Waals surface area contributed by atoms with E-state index in [4.69, 9.17) is 21.1 Å². The topological polar surface area (TPSA) is 77.1 Å². The number of rotatable bonds is 7. The number of hydrogen-bond acceptors (Lipinski definition) is 5. The highest BCUT2D eigenvalue weighted by atomic mass is 35.5. The highest BCUT2D eigenvalue weighted by molar-refractivity contribution is 6.29. The standard InChI is InChI=1S/C21H24ClN3O3/c1-5-28-21(26)12(2)11-15-19(24-16-8-9-17(22)25-20(15)16)14-7-6-10-23-18(14)13(3)27-4/h6-10,12-13,24H,5,11H2,1-4H3/t12?,13-/m0/s1. The van der Waals surface area contributed by atoms with Gasteiger partial charge >= 0.3 is 5.97 Å². The molecule has 0 aromatic carbocycles. The first kappa shape index (κ1) is 20.3. The summed E-state index contributed by atoms with van der Waals surface area (Å²) in [6.45, 7) is 5.96. The van der Waals surface area contributed by atoms with Crippen LogP contribution in [0.15, 0.2) is 30.5 Å². The van der Waals surface area contributed by atoms with E-state index in [-0.39, 0.29) is 18.0 Å². The molecule has 0 amide bonds. The molecule has 0 radical (unpaired) electrons. The van der Waals surface area contributed by atoms with Crippen LogP contribution in [0.2, 0.25) is 5.15 Å². The number of nitrogens with one attached hydrogen (secondary N) is 1. The van der Waals surface area contributed by atoms with Crippen molar-refractivity contribution in [3.05, 3.63) is 46.9 Å². The number of hydrogen-bond donors (Lipinski definition) is 1. The van der Waals surface area contributed by atoms with Gasteiger partial charge in [-0.1, -0.05) is 18.5 Å². The van der Waals surface area contributed by atoms with Crippen molar-refractivity contribution in [1.82, 2.24) is 15.0 Å². The van der Waals surface area contributed by atoms with E-state index in [9.17, 15) is 4.79 Å². The molecule has 0 saturated carbocycles. The molecule has 3 aromatic rings. The normalized spacial score (nSPS) is 13.5. The third-order valence-corrected chi connectivity index (χ3v) is 4.96. The van der Waals surface area contributed by atoms with E-state index in [1.54, 1.807) is 26.3 Å². The summed E-state index contributed by atoms with van der Waals surface area (Å²) >= 11 is 6.15. The zero-order valence-corrected chi connectivity index (χ0v) is 17.2. The van der Waals surface area contributed by atoms with Gasteiger partial charge in [-0.25, -0.2) is 4.98 Å². The van der Waals surface area contributed by atoms with Crippen molar-refractivity contribution in [3.63, 3.8) is 0 Å². The minimum Gasteiger partial charge on any atom is -0.466 e. The summed E-state index contributed by atoms with van der Waals surface area (Å²) in [6, 6.07) is 7.50. The highest BCUT2D eigenvalue weighted by Crippen LogP contribution is 2.35. The van der Waals surface area contributed by atoms with E-state index in [0.717, 1.165) is 33.5 Å². The summed E-state index contributed by atoms with van der Waals surface area (Å²) in [7, 11) is 1.65. The molecular weight excluding hydrogens is 378 g/mol. The highest BCUT2D eigenvalue weighted by Gasteiger charge is 2.24. The summed E-state index contributed by atoms with van der Waals surface area (Å²) in [6.07, 6.45) is 2.03. The van der Waals surface area contributed by atoms with Gasteiger partial charge in [0.15, 0.2) is 0 Å². The fourth-order valence-electron chi connectivity index (χ4n) is 3.26. The Hall–Kier alpha value is -2.44. The van der Waals surface area contributed by atoms with Gasteiger partial charge in [0.1, 0.15) is 5.15 Å². The Bertz CT molecular complexity index is 986. The second-order valence-corrected chi connectivity index (χ2v) is 7.07. The number of carbonyl (C=O) groups is 1. The van der Waals surface area contributed by atoms with Crippen LogP contribution in [0, 0.1) is 5.92 Å².